The lowest BCUT2D eigenvalue weighted by molar-refractivity contribution is -0.126. The Hall–Kier alpha value is -1.33. The number of carbonyl (C=O) groups is 1. The Balaban J connectivity index is 1.82. The molecule has 19 heavy (non-hydrogen) atoms. The number of carbonyl (C=O) groups excluding carboxylic acids is 1. The van der Waals surface area contributed by atoms with Crippen LogP contribution in [0.4, 0.5) is 0 Å². The number of nitrogens with one attached hydrogen (secondary N) is 1. The van der Waals surface area contributed by atoms with Crippen molar-refractivity contribution in [1.82, 2.24) is 10.2 Å². The van der Waals surface area contributed by atoms with Crippen molar-refractivity contribution in [3.8, 4) is 0 Å². The van der Waals surface area contributed by atoms with Gasteiger partial charge in [-0.2, -0.15) is 11.8 Å². The molecule has 1 fully saturated rings. The van der Waals surface area contributed by atoms with E-state index in [0.717, 1.165) is 11.5 Å². The topological polar surface area (TPSA) is 32.3 Å². The second kappa shape index (κ2) is 6.73. The second-order valence-corrected chi connectivity index (χ2v) is 5.66. The molecule has 0 aromatic heterocycles. The van der Waals surface area contributed by atoms with Crippen LogP contribution in [0.5, 0.6) is 0 Å². The first kappa shape index (κ1) is 14.1. The van der Waals surface area contributed by atoms with E-state index in [1.807, 2.05) is 18.2 Å². The van der Waals surface area contributed by atoms with E-state index >= 15 is 0 Å². The molecule has 0 radical (unpaired) electrons. The fraction of sp³-hybridized carbons (Fsp3) is 0.286. The SMILES string of the molecule is C=CCN1C(=O)[C@@H](CSCc2ccccc2)NC1=S. The summed E-state index contributed by atoms with van der Waals surface area (Å²) in [6, 6.07) is 10.0. The summed E-state index contributed by atoms with van der Waals surface area (Å²) in [5.41, 5.74) is 1.27. The Labute approximate surface area is 123 Å². The van der Waals surface area contributed by atoms with Crippen LogP contribution < -0.4 is 5.32 Å². The Kier molecular flexibility index (Phi) is 4.99. The highest BCUT2D eigenvalue weighted by atomic mass is 32.2. The Morgan fingerprint density at radius 3 is 2.84 bits per heavy atom. The van der Waals surface area contributed by atoms with Gasteiger partial charge < -0.3 is 5.32 Å². The van der Waals surface area contributed by atoms with Gasteiger partial charge in [0.1, 0.15) is 6.04 Å². The van der Waals surface area contributed by atoms with E-state index < -0.39 is 0 Å². The van der Waals surface area contributed by atoms with Crippen LogP contribution in [-0.4, -0.2) is 34.3 Å². The standard InChI is InChI=1S/C14H16N2OS2/c1-2-8-16-13(17)12(15-14(16)18)10-19-9-11-6-4-3-5-7-11/h2-7,12H,1,8-10H2,(H,15,18)/t12-/m1/s1. The minimum absolute atomic E-state index is 0.0467. The normalized spacial score (nSPS) is 18.5. The Morgan fingerprint density at radius 2 is 2.16 bits per heavy atom. The summed E-state index contributed by atoms with van der Waals surface area (Å²) in [5.74, 6) is 1.67. The van der Waals surface area contributed by atoms with Crippen molar-refractivity contribution in [3.05, 3.63) is 48.6 Å². The van der Waals surface area contributed by atoms with Gasteiger partial charge in [-0.15, -0.1) is 6.58 Å². The molecule has 1 amide bonds. The van der Waals surface area contributed by atoms with Crippen molar-refractivity contribution in [2.75, 3.05) is 12.3 Å². The molecule has 1 aliphatic heterocycles. The zero-order valence-electron chi connectivity index (χ0n) is 10.5. The zero-order valence-corrected chi connectivity index (χ0v) is 12.2. The average Bonchev–Trinajstić information content (AvgIpc) is 2.68. The van der Waals surface area contributed by atoms with Gasteiger partial charge in [-0.1, -0.05) is 36.4 Å². The maximum absolute atomic E-state index is 12.1. The van der Waals surface area contributed by atoms with Crippen molar-refractivity contribution >= 4 is 35.0 Å². The first-order chi connectivity index (χ1) is 9.22. The Bertz CT molecular complexity index is 476. The predicted octanol–water partition coefficient (Wildman–Crippen LogP) is 2.19. The fourth-order valence-corrected chi connectivity index (χ4v) is 3.18. The molecule has 1 atom stereocenters. The van der Waals surface area contributed by atoms with Crippen LogP contribution >= 0.6 is 24.0 Å². The maximum atomic E-state index is 12.1. The lowest BCUT2D eigenvalue weighted by atomic mass is 10.2. The van der Waals surface area contributed by atoms with E-state index in [-0.39, 0.29) is 11.9 Å². The highest BCUT2D eigenvalue weighted by molar-refractivity contribution is 7.98. The van der Waals surface area contributed by atoms with E-state index in [1.54, 1.807) is 22.7 Å². The second-order valence-electron chi connectivity index (χ2n) is 4.24. The van der Waals surface area contributed by atoms with Crippen LogP contribution in [-0.2, 0) is 10.5 Å². The minimum atomic E-state index is -0.207. The third kappa shape index (κ3) is 3.58. The molecule has 0 saturated carbocycles. The molecule has 1 aliphatic rings. The Morgan fingerprint density at radius 1 is 1.42 bits per heavy atom. The number of nitrogens with zero attached hydrogens (tertiary/aromatic N) is 1. The quantitative estimate of drug-likeness (QED) is 0.643. The van der Waals surface area contributed by atoms with Crippen molar-refractivity contribution in [2.45, 2.75) is 11.8 Å². The summed E-state index contributed by atoms with van der Waals surface area (Å²) >= 11 is 6.87. The van der Waals surface area contributed by atoms with Gasteiger partial charge in [0, 0.05) is 18.1 Å². The van der Waals surface area contributed by atoms with Crippen molar-refractivity contribution < 1.29 is 4.79 Å². The highest BCUT2D eigenvalue weighted by Crippen LogP contribution is 2.16. The number of hydrogen-bond acceptors (Lipinski definition) is 3. The molecule has 1 saturated heterocycles. The van der Waals surface area contributed by atoms with Gasteiger partial charge >= 0.3 is 0 Å². The first-order valence-electron chi connectivity index (χ1n) is 6.07. The summed E-state index contributed by atoms with van der Waals surface area (Å²) in [4.78, 5) is 13.6. The summed E-state index contributed by atoms with van der Waals surface area (Å²) in [6.07, 6.45) is 1.69. The number of thiocarbonyl (C=S) groups is 1. The fourth-order valence-electron chi connectivity index (χ4n) is 1.86. The molecule has 0 bridgehead atoms. The van der Waals surface area contributed by atoms with Crippen molar-refractivity contribution in [3.63, 3.8) is 0 Å². The lowest BCUT2D eigenvalue weighted by Gasteiger charge is -2.11. The summed E-state index contributed by atoms with van der Waals surface area (Å²) in [7, 11) is 0. The molecule has 3 nitrogen and oxygen atoms in total. The van der Waals surface area contributed by atoms with Crippen molar-refractivity contribution in [1.29, 1.82) is 0 Å². The molecular formula is C14H16N2OS2. The van der Waals surface area contributed by atoms with Gasteiger partial charge in [-0.25, -0.2) is 0 Å². The monoisotopic (exact) mass is 292 g/mol. The average molecular weight is 292 g/mol. The number of amides is 1. The highest BCUT2D eigenvalue weighted by Gasteiger charge is 2.34. The van der Waals surface area contributed by atoms with Crippen LogP contribution in [0.15, 0.2) is 43.0 Å². The van der Waals surface area contributed by atoms with Gasteiger partial charge in [0.05, 0.1) is 0 Å². The van der Waals surface area contributed by atoms with Crippen LogP contribution in [0.2, 0.25) is 0 Å². The van der Waals surface area contributed by atoms with E-state index in [4.69, 9.17) is 12.2 Å². The van der Waals surface area contributed by atoms with Crippen LogP contribution in [0.1, 0.15) is 5.56 Å². The van der Waals surface area contributed by atoms with E-state index in [0.29, 0.717) is 11.7 Å². The maximum Gasteiger partial charge on any atom is 0.252 e. The number of hydrogen-bond donors (Lipinski definition) is 1. The lowest BCUT2D eigenvalue weighted by Crippen LogP contribution is -2.32. The summed E-state index contributed by atoms with van der Waals surface area (Å²) in [5, 5.41) is 3.57. The number of thioether (sulfide) groups is 1. The molecule has 1 aromatic rings. The molecule has 5 heteroatoms. The predicted molar refractivity (Wildman–Crippen MR) is 84.0 cm³/mol. The van der Waals surface area contributed by atoms with Gasteiger partial charge in [0.15, 0.2) is 5.11 Å². The minimum Gasteiger partial charge on any atom is -0.350 e. The third-order valence-corrected chi connectivity index (χ3v) is 4.26. The van der Waals surface area contributed by atoms with E-state index in [2.05, 4.69) is 24.0 Å². The molecule has 2 rings (SSSR count). The molecular weight excluding hydrogens is 276 g/mol. The van der Waals surface area contributed by atoms with E-state index in [9.17, 15) is 4.79 Å². The molecule has 0 unspecified atom stereocenters. The third-order valence-electron chi connectivity index (χ3n) is 2.81. The van der Waals surface area contributed by atoms with Gasteiger partial charge in [0.25, 0.3) is 5.91 Å². The molecule has 0 spiro atoms. The van der Waals surface area contributed by atoms with Crippen LogP contribution in [0, 0.1) is 0 Å². The van der Waals surface area contributed by atoms with Gasteiger partial charge in [-0.3, -0.25) is 9.69 Å². The van der Waals surface area contributed by atoms with Crippen LogP contribution in [0.3, 0.4) is 0 Å². The molecule has 0 aliphatic carbocycles. The first-order valence-corrected chi connectivity index (χ1v) is 7.63. The molecule has 1 aromatic carbocycles. The number of rotatable bonds is 6. The smallest absolute Gasteiger partial charge is 0.252 e. The van der Waals surface area contributed by atoms with Gasteiger partial charge in [-0.05, 0) is 17.8 Å². The number of benzene rings is 1. The largest absolute Gasteiger partial charge is 0.350 e. The van der Waals surface area contributed by atoms with E-state index in [1.165, 1.54) is 5.56 Å². The van der Waals surface area contributed by atoms with Crippen LogP contribution in [0.25, 0.3) is 0 Å². The molecule has 100 valence electrons. The zero-order chi connectivity index (χ0) is 13.7. The molecule has 1 heterocycles. The van der Waals surface area contributed by atoms with Crippen molar-refractivity contribution in [2.24, 2.45) is 0 Å². The molecule has 1 N–H and O–H groups in total. The van der Waals surface area contributed by atoms with Gasteiger partial charge in [0.2, 0.25) is 0 Å². The summed E-state index contributed by atoms with van der Waals surface area (Å²) in [6.45, 7) is 4.11. The summed E-state index contributed by atoms with van der Waals surface area (Å²) < 4.78 is 0.